The number of nitrogens with one attached hydrogen (secondary N) is 1. The van der Waals surface area contributed by atoms with E-state index in [-0.39, 0.29) is 5.56 Å². The molecule has 1 N–H and O–H groups in total. The van der Waals surface area contributed by atoms with Crippen LogP contribution >= 0.6 is 0 Å². The zero-order chi connectivity index (χ0) is 14.7. The van der Waals surface area contributed by atoms with Crippen LogP contribution in [0.3, 0.4) is 0 Å². The summed E-state index contributed by atoms with van der Waals surface area (Å²) in [5, 5.41) is 3.13. The first-order valence-electron chi connectivity index (χ1n) is 7.09. The first-order chi connectivity index (χ1) is 10.3. The highest BCUT2D eigenvalue weighted by Gasteiger charge is 2.07. The Hall–Kier alpha value is -2.62. The Kier molecular flexibility index (Phi) is 3.69. The molecule has 4 nitrogen and oxygen atoms in total. The van der Waals surface area contributed by atoms with Crippen molar-refractivity contribution in [2.75, 3.05) is 0 Å². The Morgan fingerprint density at radius 3 is 2.67 bits per heavy atom. The molecule has 0 spiro atoms. The van der Waals surface area contributed by atoms with Crippen molar-refractivity contribution >= 4 is 0 Å². The molecule has 0 aliphatic rings. The Morgan fingerprint density at radius 2 is 2.00 bits per heavy atom. The van der Waals surface area contributed by atoms with Gasteiger partial charge in [0.15, 0.2) is 0 Å². The Bertz CT molecular complexity index is 770. The molecule has 0 saturated carbocycles. The maximum Gasteiger partial charge on any atom is 0.271 e. The molecule has 1 aromatic carbocycles. The molecule has 3 aromatic rings. The van der Waals surface area contributed by atoms with E-state index in [9.17, 15) is 4.79 Å². The second kappa shape index (κ2) is 5.79. The van der Waals surface area contributed by atoms with Crippen LogP contribution in [0.15, 0.2) is 59.7 Å². The summed E-state index contributed by atoms with van der Waals surface area (Å²) >= 11 is 0. The van der Waals surface area contributed by atoms with Crippen molar-refractivity contribution in [1.82, 2.24) is 14.8 Å². The molecule has 2 aromatic heterocycles. The average molecular weight is 279 g/mol. The molecule has 0 aliphatic heterocycles. The average Bonchev–Trinajstić information content (AvgIpc) is 2.91. The lowest BCUT2D eigenvalue weighted by atomic mass is 10.1. The molecule has 21 heavy (non-hydrogen) atoms. The minimum absolute atomic E-state index is 0.0721. The summed E-state index contributed by atoms with van der Waals surface area (Å²) in [5.41, 5.74) is 3.72. The van der Waals surface area contributed by atoms with Crippen molar-refractivity contribution in [3.8, 4) is 16.9 Å². The number of aromatic nitrogens is 3. The van der Waals surface area contributed by atoms with Crippen LogP contribution in [-0.4, -0.2) is 14.8 Å². The highest BCUT2D eigenvalue weighted by atomic mass is 16.1. The molecule has 0 unspecified atom stereocenters. The zero-order valence-corrected chi connectivity index (χ0v) is 11.9. The van der Waals surface area contributed by atoms with Gasteiger partial charge in [-0.15, -0.1) is 0 Å². The maximum atomic E-state index is 12.1. The molecular weight excluding hydrogens is 262 g/mol. The molecule has 106 valence electrons. The van der Waals surface area contributed by atoms with Crippen molar-refractivity contribution in [1.29, 1.82) is 0 Å². The lowest BCUT2D eigenvalue weighted by Crippen LogP contribution is -2.13. The zero-order valence-electron chi connectivity index (χ0n) is 11.9. The molecule has 0 atom stereocenters. The molecule has 0 saturated heterocycles. The predicted octanol–water partition coefficient (Wildman–Crippen LogP) is 3.18. The quantitative estimate of drug-likeness (QED) is 0.797. The second-order valence-corrected chi connectivity index (χ2v) is 5.00. The summed E-state index contributed by atoms with van der Waals surface area (Å²) in [6, 6.07) is 13.4. The van der Waals surface area contributed by atoms with Crippen LogP contribution in [0.5, 0.6) is 0 Å². The smallest absolute Gasteiger partial charge is 0.271 e. The molecule has 0 amide bonds. The van der Waals surface area contributed by atoms with Crippen molar-refractivity contribution in [3.05, 3.63) is 70.8 Å². The molecule has 3 rings (SSSR count). The topological polar surface area (TPSA) is 50.7 Å². The van der Waals surface area contributed by atoms with Crippen LogP contribution in [0.4, 0.5) is 0 Å². The van der Waals surface area contributed by atoms with E-state index in [2.05, 4.69) is 29.1 Å². The summed E-state index contributed by atoms with van der Waals surface area (Å²) in [6.07, 6.45) is 5.62. The van der Waals surface area contributed by atoms with Crippen molar-refractivity contribution in [3.63, 3.8) is 0 Å². The minimum Gasteiger partial charge on any atom is -0.290 e. The molecule has 4 heteroatoms. The van der Waals surface area contributed by atoms with Gasteiger partial charge >= 0.3 is 0 Å². The maximum absolute atomic E-state index is 12.1. The standard InChI is InChI=1S/C17H17N3O/c1-2-4-13-6-8-15(9-7-13)20-17(21)11-16(19-20)14-5-3-10-18-12-14/h3,5-12,19H,2,4H2,1H3. The van der Waals surface area contributed by atoms with Gasteiger partial charge < -0.3 is 0 Å². The number of hydrogen-bond donors (Lipinski definition) is 1. The van der Waals surface area contributed by atoms with Crippen molar-refractivity contribution in [2.45, 2.75) is 19.8 Å². The Morgan fingerprint density at radius 1 is 1.19 bits per heavy atom. The van der Waals surface area contributed by atoms with E-state index < -0.39 is 0 Å². The van der Waals surface area contributed by atoms with Gasteiger partial charge in [-0.3, -0.25) is 14.9 Å². The van der Waals surface area contributed by atoms with Crippen LogP contribution in [-0.2, 0) is 6.42 Å². The van der Waals surface area contributed by atoms with Gasteiger partial charge in [0.2, 0.25) is 0 Å². The first-order valence-corrected chi connectivity index (χ1v) is 7.09. The van der Waals surface area contributed by atoms with E-state index in [1.54, 1.807) is 23.1 Å². The monoisotopic (exact) mass is 279 g/mol. The van der Waals surface area contributed by atoms with Gasteiger partial charge in [-0.25, -0.2) is 4.68 Å². The van der Waals surface area contributed by atoms with Crippen LogP contribution in [0.2, 0.25) is 0 Å². The predicted molar refractivity (Wildman–Crippen MR) is 83.6 cm³/mol. The number of aryl methyl sites for hydroxylation is 1. The molecular formula is C17H17N3O. The molecule has 0 radical (unpaired) electrons. The highest BCUT2D eigenvalue weighted by molar-refractivity contribution is 5.57. The van der Waals surface area contributed by atoms with Gasteiger partial charge in [-0.2, -0.15) is 0 Å². The number of H-pyrrole nitrogens is 1. The van der Waals surface area contributed by atoms with E-state index >= 15 is 0 Å². The first kappa shape index (κ1) is 13.4. The van der Waals surface area contributed by atoms with E-state index in [4.69, 9.17) is 0 Å². The summed E-state index contributed by atoms with van der Waals surface area (Å²) < 4.78 is 1.55. The molecule has 2 heterocycles. The van der Waals surface area contributed by atoms with E-state index in [1.807, 2.05) is 24.3 Å². The summed E-state index contributed by atoms with van der Waals surface area (Å²) in [4.78, 5) is 16.2. The molecule has 0 bridgehead atoms. The largest absolute Gasteiger partial charge is 0.290 e. The summed E-state index contributed by atoms with van der Waals surface area (Å²) in [5.74, 6) is 0. The molecule has 0 aliphatic carbocycles. The van der Waals surface area contributed by atoms with E-state index in [1.165, 1.54) is 5.56 Å². The van der Waals surface area contributed by atoms with Crippen molar-refractivity contribution in [2.24, 2.45) is 0 Å². The van der Waals surface area contributed by atoms with E-state index in [0.29, 0.717) is 0 Å². The van der Waals surface area contributed by atoms with Gasteiger partial charge in [0.1, 0.15) is 0 Å². The number of nitrogens with zero attached hydrogens (tertiary/aromatic N) is 2. The number of rotatable bonds is 4. The fourth-order valence-corrected chi connectivity index (χ4v) is 2.36. The number of pyridine rings is 1. The summed E-state index contributed by atoms with van der Waals surface area (Å²) in [6.45, 7) is 2.16. The van der Waals surface area contributed by atoms with Crippen LogP contribution < -0.4 is 5.56 Å². The molecule has 0 fully saturated rings. The van der Waals surface area contributed by atoms with Crippen LogP contribution in [0, 0.1) is 0 Å². The normalized spacial score (nSPS) is 10.7. The number of aromatic amines is 1. The lowest BCUT2D eigenvalue weighted by molar-refractivity contribution is 0.849. The third-order valence-electron chi connectivity index (χ3n) is 3.43. The van der Waals surface area contributed by atoms with Gasteiger partial charge in [-0.05, 0) is 36.2 Å². The second-order valence-electron chi connectivity index (χ2n) is 5.00. The lowest BCUT2D eigenvalue weighted by Gasteiger charge is -2.04. The van der Waals surface area contributed by atoms with Gasteiger partial charge in [0, 0.05) is 24.0 Å². The third-order valence-corrected chi connectivity index (χ3v) is 3.43. The highest BCUT2D eigenvalue weighted by Crippen LogP contribution is 2.15. The van der Waals surface area contributed by atoms with Gasteiger partial charge in [0.25, 0.3) is 5.56 Å². The Labute approximate surface area is 123 Å². The fraction of sp³-hybridized carbons (Fsp3) is 0.176. The van der Waals surface area contributed by atoms with Gasteiger partial charge in [0.05, 0.1) is 11.4 Å². The van der Waals surface area contributed by atoms with E-state index in [0.717, 1.165) is 29.8 Å². The fourth-order valence-electron chi connectivity index (χ4n) is 2.36. The Balaban J connectivity index is 1.96. The summed E-state index contributed by atoms with van der Waals surface area (Å²) in [7, 11) is 0. The van der Waals surface area contributed by atoms with Gasteiger partial charge in [-0.1, -0.05) is 25.5 Å². The number of benzene rings is 1. The SMILES string of the molecule is CCCc1ccc(-n2[nH]c(-c3cccnc3)cc2=O)cc1. The third kappa shape index (κ3) is 2.79. The number of hydrogen-bond acceptors (Lipinski definition) is 2. The van der Waals surface area contributed by atoms with Crippen molar-refractivity contribution < 1.29 is 0 Å². The minimum atomic E-state index is -0.0721. The van der Waals surface area contributed by atoms with Crippen LogP contribution in [0.25, 0.3) is 16.9 Å². The van der Waals surface area contributed by atoms with Crippen LogP contribution in [0.1, 0.15) is 18.9 Å².